The number of carbonyl (C=O) groups excluding carboxylic acids is 2. The van der Waals surface area contributed by atoms with Crippen molar-refractivity contribution in [2.75, 3.05) is 6.54 Å². The van der Waals surface area contributed by atoms with Crippen LogP contribution in [0.4, 0.5) is 9.18 Å². The molecule has 6 heteroatoms. The summed E-state index contributed by atoms with van der Waals surface area (Å²) in [6, 6.07) is 4.42. The lowest BCUT2D eigenvalue weighted by atomic mass is 9.98. The molecule has 1 aliphatic heterocycles. The molecule has 0 N–H and O–H groups in total. The van der Waals surface area contributed by atoms with Crippen LogP contribution in [0.5, 0.6) is 0 Å². The van der Waals surface area contributed by atoms with Crippen molar-refractivity contribution in [3.63, 3.8) is 0 Å². The van der Waals surface area contributed by atoms with Crippen LogP contribution in [0.25, 0.3) is 0 Å². The van der Waals surface area contributed by atoms with E-state index in [2.05, 4.69) is 0 Å². The fourth-order valence-electron chi connectivity index (χ4n) is 2.19. The molecule has 0 saturated carbocycles. The maximum absolute atomic E-state index is 13.5. The molecule has 1 aromatic rings. The van der Waals surface area contributed by atoms with Gasteiger partial charge in [0.15, 0.2) is 0 Å². The third-order valence-corrected chi connectivity index (χ3v) is 3.46. The summed E-state index contributed by atoms with van der Waals surface area (Å²) >= 11 is 5.64. The molecule has 0 spiro atoms. The minimum atomic E-state index is -0.665. The van der Waals surface area contributed by atoms with E-state index in [1.54, 1.807) is 26.8 Å². The number of benzene rings is 1. The summed E-state index contributed by atoms with van der Waals surface area (Å²) in [5, 5.41) is 0.0343. The van der Waals surface area contributed by atoms with E-state index in [1.807, 2.05) is 0 Å². The molecule has 1 heterocycles. The number of nitrogens with zero attached hydrogens (tertiary/aromatic N) is 1. The van der Waals surface area contributed by atoms with E-state index in [0.29, 0.717) is 5.56 Å². The van der Waals surface area contributed by atoms with Gasteiger partial charge in [0.1, 0.15) is 11.4 Å². The maximum Gasteiger partial charge on any atom is 0.417 e. The molecule has 0 radical (unpaired) electrons. The molecule has 4 nitrogen and oxygen atoms in total. The van der Waals surface area contributed by atoms with Gasteiger partial charge in [-0.3, -0.25) is 4.79 Å². The summed E-state index contributed by atoms with van der Waals surface area (Å²) < 4.78 is 18.7. The van der Waals surface area contributed by atoms with Crippen LogP contribution in [0, 0.1) is 5.82 Å². The molecule has 2 rings (SSSR count). The van der Waals surface area contributed by atoms with Crippen molar-refractivity contribution in [1.29, 1.82) is 0 Å². The summed E-state index contributed by atoms with van der Waals surface area (Å²) in [6.45, 7) is 5.39. The predicted octanol–water partition coefficient (Wildman–Crippen LogP) is 3.73. The molecule has 1 atom stereocenters. The number of hydrogen-bond donors (Lipinski definition) is 0. The number of amides is 2. The zero-order chi connectivity index (χ0) is 15.8. The first-order valence-electron chi connectivity index (χ1n) is 6.65. The van der Waals surface area contributed by atoms with Gasteiger partial charge < -0.3 is 4.74 Å². The van der Waals surface area contributed by atoms with Gasteiger partial charge in [0, 0.05) is 18.9 Å². The van der Waals surface area contributed by atoms with Gasteiger partial charge in [-0.1, -0.05) is 17.7 Å². The fourth-order valence-corrected chi connectivity index (χ4v) is 2.31. The highest BCUT2D eigenvalue weighted by atomic mass is 35.5. The Morgan fingerprint density at radius 1 is 1.43 bits per heavy atom. The van der Waals surface area contributed by atoms with Gasteiger partial charge >= 0.3 is 6.09 Å². The lowest BCUT2D eigenvalue weighted by Gasteiger charge is -2.23. The average Bonchev–Trinajstić information content (AvgIpc) is 2.73. The van der Waals surface area contributed by atoms with Gasteiger partial charge in [0.05, 0.1) is 5.02 Å². The topological polar surface area (TPSA) is 46.6 Å². The second-order valence-corrected chi connectivity index (χ2v) is 6.47. The van der Waals surface area contributed by atoms with Gasteiger partial charge in [-0.15, -0.1) is 0 Å². The average molecular weight is 314 g/mol. The molecule has 1 unspecified atom stereocenters. The van der Waals surface area contributed by atoms with Gasteiger partial charge in [0.25, 0.3) is 0 Å². The van der Waals surface area contributed by atoms with Crippen molar-refractivity contribution in [2.45, 2.75) is 38.7 Å². The van der Waals surface area contributed by atoms with Crippen molar-refractivity contribution < 1.29 is 18.7 Å². The monoisotopic (exact) mass is 313 g/mol. The second-order valence-electron chi connectivity index (χ2n) is 6.06. The summed E-state index contributed by atoms with van der Waals surface area (Å²) in [5.41, 5.74) is -0.0155. The zero-order valence-electron chi connectivity index (χ0n) is 12.2. The molecule has 0 aromatic heterocycles. The lowest BCUT2D eigenvalue weighted by molar-refractivity contribution is -0.126. The SMILES string of the molecule is CC(C)(C)OC(=O)N1CC(c2ccc(Cl)c(F)c2)CC1=O. The standard InChI is InChI=1S/C15H17ClFNO3/c1-15(2,3)21-14(20)18-8-10(7-13(18)19)9-4-5-11(16)12(17)6-9/h4-6,10H,7-8H2,1-3H3. The number of carbonyl (C=O) groups is 2. The molecule has 1 aliphatic rings. The van der Waals surface area contributed by atoms with Crippen LogP contribution in [0.2, 0.25) is 5.02 Å². The van der Waals surface area contributed by atoms with Gasteiger partial charge in [0.2, 0.25) is 5.91 Å². The summed E-state index contributed by atoms with van der Waals surface area (Å²) in [7, 11) is 0. The Morgan fingerprint density at radius 2 is 2.10 bits per heavy atom. The Balaban J connectivity index is 2.12. The first kappa shape index (κ1) is 15.8. The number of halogens is 2. The third kappa shape index (κ3) is 3.73. The predicted molar refractivity (Wildman–Crippen MR) is 76.7 cm³/mol. The molecule has 0 aliphatic carbocycles. The first-order chi connectivity index (χ1) is 9.67. The van der Waals surface area contributed by atoms with Gasteiger partial charge in [-0.25, -0.2) is 14.1 Å². The Bertz CT molecular complexity index is 583. The number of hydrogen-bond acceptors (Lipinski definition) is 3. The van der Waals surface area contributed by atoms with E-state index in [1.165, 1.54) is 12.1 Å². The highest BCUT2D eigenvalue weighted by molar-refractivity contribution is 6.30. The third-order valence-electron chi connectivity index (χ3n) is 3.15. The highest BCUT2D eigenvalue weighted by Gasteiger charge is 2.37. The largest absolute Gasteiger partial charge is 0.443 e. The smallest absolute Gasteiger partial charge is 0.417 e. The van der Waals surface area contributed by atoms with E-state index in [-0.39, 0.29) is 29.8 Å². The van der Waals surface area contributed by atoms with Crippen molar-refractivity contribution >= 4 is 23.6 Å². The van der Waals surface area contributed by atoms with E-state index in [9.17, 15) is 14.0 Å². The lowest BCUT2D eigenvalue weighted by Crippen LogP contribution is -2.37. The molecular formula is C15H17ClFNO3. The molecule has 1 saturated heterocycles. The normalized spacial score (nSPS) is 19.0. The van der Waals surface area contributed by atoms with Crippen molar-refractivity contribution in [1.82, 2.24) is 4.90 Å². The van der Waals surface area contributed by atoms with Gasteiger partial charge in [-0.2, -0.15) is 0 Å². The van der Waals surface area contributed by atoms with E-state index < -0.39 is 17.5 Å². The fraction of sp³-hybridized carbons (Fsp3) is 0.467. The number of rotatable bonds is 1. The number of likely N-dealkylation sites (tertiary alicyclic amines) is 1. The van der Waals surface area contributed by atoms with Crippen LogP contribution < -0.4 is 0 Å². The van der Waals surface area contributed by atoms with E-state index in [0.717, 1.165) is 4.90 Å². The van der Waals surface area contributed by atoms with Crippen LogP contribution >= 0.6 is 11.6 Å². The van der Waals surface area contributed by atoms with Crippen molar-refractivity contribution in [3.05, 3.63) is 34.6 Å². The van der Waals surface area contributed by atoms with Crippen LogP contribution in [-0.2, 0) is 9.53 Å². The van der Waals surface area contributed by atoms with E-state index in [4.69, 9.17) is 16.3 Å². The summed E-state index contributed by atoms with van der Waals surface area (Å²) in [5.74, 6) is -1.08. The van der Waals surface area contributed by atoms with Crippen LogP contribution in [0.3, 0.4) is 0 Å². The molecule has 2 amide bonds. The Morgan fingerprint density at radius 3 is 2.67 bits per heavy atom. The maximum atomic E-state index is 13.5. The number of imide groups is 1. The minimum absolute atomic E-state index is 0.0343. The van der Waals surface area contributed by atoms with Crippen LogP contribution in [0.1, 0.15) is 38.7 Å². The molecule has 1 aromatic carbocycles. The Labute approximate surface area is 127 Å². The van der Waals surface area contributed by atoms with Crippen LogP contribution in [0.15, 0.2) is 18.2 Å². The molecule has 114 valence electrons. The molecule has 1 fully saturated rings. The quantitative estimate of drug-likeness (QED) is 0.793. The molecule has 21 heavy (non-hydrogen) atoms. The van der Waals surface area contributed by atoms with Crippen molar-refractivity contribution in [3.8, 4) is 0 Å². The Kier molecular flexibility index (Phi) is 4.23. The van der Waals surface area contributed by atoms with Crippen molar-refractivity contribution in [2.24, 2.45) is 0 Å². The van der Waals surface area contributed by atoms with Crippen LogP contribution in [-0.4, -0.2) is 29.0 Å². The zero-order valence-corrected chi connectivity index (χ0v) is 12.9. The summed E-state index contributed by atoms with van der Waals surface area (Å²) in [4.78, 5) is 25.0. The summed E-state index contributed by atoms with van der Waals surface area (Å²) in [6.07, 6.45) is -0.509. The van der Waals surface area contributed by atoms with E-state index >= 15 is 0 Å². The minimum Gasteiger partial charge on any atom is -0.443 e. The second kappa shape index (κ2) is 5.64. The first-order valence-corrected chi connectivity index (χ1v) is 7.03. The highest BCUT2D eigenvalue weighted by Crippen LogP contribution is 2.31. The molecular weight excluding hydrogens is 297 g/mol. The molecule has 0 bridgehead atoms. The van der Waals surface area contributed by atoms with Gasteiger partial charge in [-0.05, 0) is 38.5 Å². The number of ether oxygens (including phenoxy) is 1. The Hall–Kier alpha value is -1.62.